The van der Waals surface area contributed by atoms with Gasteiger partial charge in [0, 0.05) is 11.1 Å². The van der Waals surface area contributed by atoms with Gasteiger partial charge >= 0.3 is 0 Å². The fourth-order valence-corrected chi connectivity index (χ4v) is 2.65. The molecule has 0 bridgehead atoms. The minimum atomic E-state index is -0.312. The molecule has 0 aliphatic heterocycles. The van der Waals surface area contributed by atoms with E-state index in [1.54, 1.807) is 18.3 Å². The molecule has 6 heteroatoms. The van der Waals surface area contributed by atoms with E-state index in [4.69, 9.17) is 21.8 Å². The van der Waals surface area contributed by atoms with Crippen molar-refractivity contribution in [1.82, 2.24) is 15.0 Å². The minimum Gasteiger partial charge on any atom is -0.435 e. The first kappa shape index (κ1) is 11.9. The number of aromatic amines is 1. The summed E-state index contributed by atoms with van der Waals surface area (Å²) in [5, 5.41) is 0.626. The average molecular weight is 289 g/mol. The van der Waals surface area contributed by atoms with Gasteiger partial charge < -0.3 is 15.1 Å². The standard InChI is InChI=1S/C14H13ClN4O/c15-8-2-3-9-11(6-8)20-12(18-9)10-7-17-13(19-10)14(16)4-1-5-14/h2-3,6-7H,1,4-5,16H2,(H,17,19). The third-order valence-electron chi connectivity index (χ3n) is 3.87. The summed E-state index contributed by atoms with van der Waals surface area (Å²) < 4.78 is 5.70. The van der Waals surface area contributed by atoms with Gasteiger partial charge in [-0.25, -0.2) is 9.97 Å². The molecule has 0 spiro atoms. The molecule has 0 amide bonds. The molecular formula is C14H13ClN4O. The van der Waals surface area contributed by atoms with Crippen LogP contribution in [0.3, 0.4) is 0 Å². The van der Waals surface area contributed by atoms with Crippen LogP contribution >= 0.6 is 11.6 Å². The molecule has 1 fully saturated rings. The van der Waals surface area contributed by atoms with Crippen molar-refractivity contribution in [2.45, 2.75) is 24.8 Å². The van der Waals surface area contributed by atoms with Crippen molar-refractivity contribution < 1.29 is 4.42 Å². The number of fused-ring (bicyclic) bond motifs is 1. The van der Waals surface area contributed by atoms with Crippen LogP contribution in [0.15, 0.2) is 28.8 Å². The lowest BCUT2D eigenvalue weighted by Crippen LogP contribution is -2.44. The fourth-order valence-electron chi connectivity index (χ4n) is 2.49. The SMILES string of the molecule is NC1(c2ncc(-c3nc4ccc(Cl)cc4o3)[nH]2)CCC1. The third-order valence-corrected chi connectivity index (χ3v) is 4.11. The molecular weight excluding hydrogens is 276 g/mol. The number of H-pyrrole nitrogens is 1. The number of oxazole rings is 1. The van der Waals surface area contributed by atoms with Crippen LogP contribution in [-0.4, -0.2) is 15.0 Å². The van der Waals surface area contributed by atoms with Crippen LogP contribution in [0, 0.1) is 0 Å². The van der Waals surface area contributed by atoms with E-state index in [9.17, 15) is 0 Å². The molecule has 0 saturated heterocycles. The van der Waals surface area contributed by atoms with Crippen LogP contribution in [0.4, 0.5) is 0 Å². The summed E-state index contributed by atoms with van der Waals surface area (Å²) in [6, 6.07) is 5.37. The van der Waals surface area contributed by atoms with E-state index in [-0.39, 0.29) is 5.54 Å². The molecule has 2 heterocycles. The molecule has 1 saturated carbocycles. The maximum atomic E-state index is 6.25. The molecule has 1 aliphatic rings. The van der Waals surface area contributed by atoms with Gasteiger partial charge in [0.2, 0.25) is 5.89 Å². The summed E-state index contributed by atoms with van der Waals surface area (Å²) in [7, 11) is 0. The second kappa shape index (κ2) is 4.07. The highest BCUT2D eigenvalue weighted by atomic mass is 35.5. The van der Waals surface area contributed by atoms with Crippen molar-refractivity contribution in [3.63, 3.8) is 0 Å². The molecule has 5 nitrogen and oxygen atoms in total. The molecule has 0 radical (unpaired) electrons. The number of hydrogen-bond acceptors (Lipinski definition) is 4. The average Bonchev–Trinajstić information content (AvgIpc) is 3.01. The van der Waals surface area contributed by atoms with E-state index in [1.165, 1.54) is 0 Å². The number of nitrogens with zero attached hydrogens (tertiary/aromatic N) is 2. The number of benzene rings is 1. The lowest BCUT2D eigenvalue weighted by atomic mass is 9.77. The molecule has 20 heavy (non-hydrogen) atoms. The van der Waals surface area contributed by atoms with Gasteiger partial charge in [0.15, 0.2) is 5.58 Å². The Balaban J connectivity index is 1.75. The Kier molecular flexibility index (Phi) is 2.43. The molecule has 2 aromatic heterocycles. The van der Waals surface area contributed by atoms with E-state index >= 15 is 0 Å². The van der Waals surface area contributed by atoms with E-state index in [0.717, 1.165) is 36.3 Å². The first-order chi connectivity index (χ1) is 9.64. The summed E-state index contributed by atoms with van der Waals surface area (Å²) in [5.41, 5.74) is 8.11. The number of rotatable bonds is 2. The monoisotopic (exact) mass is 288 g/mol. The Morgan fingerprint density at radius 3 is 2.95 bits per heavy atom. The summed E-state index contributed by atoms with van der Waals surface area (Å²) in [6.45, 7) is 0. The lowest BCUT2D eigenvalue weighted by molar-refractivity contribution is 0.240. The Bertz CT molecular complexity index is 787. The molecule has 0 atom stereocenters. The number of nitrogens with two attached hydrogens (primary N) is 1. The topological polar surface area (TPSA) is 80.7 Å². The number of aromatic nitrogens is 3. The predicted molar refractivity (Wildman–Crippen MR) is 76.3 cm³/mol. The van der Waals surface area contributed by atoms with Crippen LogP contribution in [0.1, 0.15) is 25.1 Å². The normalized spacial score (nSPS) is 17.3. The predicted octanol–water partition coefficient (Wildman–Crippen LogP) is 3.21. The Labute approximate surface area is 120 Å². The molecule has 3 aromatic rings. The van der Waals surface area contributed by atoms with Crippen LogP contribution in [0.25, 0.3) is 22.7 Å². The zero-order valence-corrected chi connectivity index (χ0v) is 11.4. The summed E-state index contributed by atoms with van der Waals surface area (Å²) in [6.07, 6.45) is 4.79. The van der Waals surface area contributed by atoms with Gasteiger partial charge in [-0.05, 0) is 31.4 Å². The van der Waals surface area contributed by atoms with Crippen molar-refractivity contribution in [3.8, 4) is 11.6 Å². The largest absolute Gasteiger partial charge is 0.435 e. The van der Waals surface area contributed by atoms with Gasteiger partial charge in [-0.1, -0.05) is 11.6 Å². The smallest absolute Gasteiger partial charge is 0.245 e. The second-order valence-corrected chi connectivity index (χ2v) is 5.72. The van der Waals surface area contributed by atoms with E-state index in [0.29, 0.717) is 16.5 Å². The van der Waals surface area contributed by atoms with Gasteiger partial charge in [-0.2, -0.15) is 0 Å². The molecule has 102 valence electrons. The van der Waals surface area contributed by atoms with Crippen LogP contribution in [-0.2, 0) is 5.54 Å². The number of hydrogen-bond donors (Lipinski definition) is 2. The van der Waals surface area contributed by atoms with Gasteiger partial charge in [-0.15, -0.1) is 0 Å². The molecule has 0 unspecified atom stereocenters. The summed E-state index contributed by atoms with van der Waals surface area (Å²) >= 11 is 5.94. The zero-order valence-electron chi connectivity index (χ0n) is 10.7. The highest BCUT2D eigenvalue weighted by Crippen LogP contribution is 2.37. The second-order valence-electron chi connectivity index (χ2n) is 5.29. The van der Waals surface area contributed by atoms with Crippen molar-refractivity contribution in [2.75, 3.05) is 0 Å². The fraction of sp³-hybridized carbons (Fsp3) is 0.286. The van der Waals surface area contributed by atoms with Crippen LogP contribution in [0.2, 0.25) is 5.02 Å². The van der Waals surface area contributed by atoms with Crippen LogP contribution < -0.4 is 5.73 Å². The first-order valence-electron chi connectivity index (χ1n) is 6.55. The first-order valence-corrected chi connectivity index (χ1v) is 6.93. The van der Waals surface area contributed by atoms with Gasteiger partial charge in [0.05, 0.1) is 11.7 Å². The Morgan fingerprint density at radius 1 is 1.35 bits per heavy atom. The Morgan fingerprint density at radius 2 is 2.20 bits per heavy atom. The van der Waals surface area contributed by atoms with E-state index < -0.39 is 0 Å². The van der Waals surface area contributed by atoms with Gasteiger partial charge in [0.25, 0.3) is 0 Å². The zero-order chi connectivity index (χ0) is 13.7. The van der Waals surface area contributed by atoms with Crippen molar-refractivity contribution in [1.29, 1.82) is 0 Å². The van der Waals surface area contributed by atoms with Gasteiger partial charge in [0.1, 0.15) is 17.0 Å². The highest BCUT2D eigenvalue weighted by molar-refractivity contribution is 6.31. The number of halogens is 1. The molecule has 3 N–H and O–H groups in total. The molecule has 4 rings (SSSR count). The van der Waals surface area contributed by atoms with Crippen molar-refractivity contribution >= 4 is 22.7 Å². The van der Waals surface area contributed by atoms with Crippen LogP contribution in [0.5, 0.6) is 0 Å². The minimum absolute atomic E-state index is 0.312. The lowest BCUT2D eigenvalue weighted by Gasteiger charge is -2.35. The number of nitrogens with one attached hydrogen (secondary N) is 1. The maximum Gasteiger partial charge on any atom is 0.245 e. The molecule has 1 aromatic carbocycles. The highest BCUT2D eigenvalue weighted by Gasteiger charge is 2.37. The number of imidazole rings is 1. The van der Waals surface area contributed by atoms with Crippen molar-refractivity contribution in [3.05, 3.63) is 35.2 Å². The summed E-state index contributed by atoms with van der Waals surface area (Å²) in [5.74, 6) is 1.31. The van der Waals surface area contributed by atoms with E-state index in [2.05, 4.69) is 15.0 Å². The van der Waals surface area contributed by atoms with E-state index in [1.807, 2.05) is 6.07 Å². The quantitative estimate of drug-likeness (QED) is 0.759. The third kappa shape index (κ3) is 1.74. The summed E-state index contributed by atoms with van der Waals surface area (Å²) in [4.78, 5) is 12.0. The molecule has 1 aliphatic carbocycles. The van der Waals surface area contributed by atoms with Crippen molar-refractivity contribution in [2.24, 2.45) is 5.73 Å². The Hall–Kier alpha value is -1.85. The van der Waals surface area contributed by atoms with Gasteiger partial charge in [-0.3, -0.25) is 0 Å². The maximum absolute atomic E-state index is 6.25.